The summed E-state index contributed by atoms with van der Waals surface area (Å²) in [6, 6.07) is 8.03. The highest BCUT2D eigenvalue weighted by Gasteiger charge is 2.23. The second-order valence-corrected chi connectivity index (χ2v) is 6.00. The average molecular weight is 348 g/mol. The predicted molar refractivity (Wildman–Crippen MR) is 97.3 cm³/mol. The van der Waals surface area contributed by atoms with Gasteiger partial charge in [0, 0.05) is 25.7 Å². The van der Waals surface area contributed by atoms with E-state index in [1.54, 1.807) is 4.90 Å². The molecule has 1 heterocycles. The Labute approximate surface area is 149 Å². The second-order valence-electron chi connectivity index (χ2n) is 6.00. The smallest absolute Gasteiger partial charge is 0.409 e. The number of methoxy groups -OCH3 is 1. The van der Waals surface area contributed by atoms with Crippen LogP contribution >= 0.6 is 0 Å². The van der Waals surface area contributed by atoms with Crippen molar-refractivity contribution in [2.24, 2.45) is 4.99 Å². The molecule has 1 aliphatic rings. The number of nitrogens with zero attached hydrogens (tertiary/aromatic N) is 2. The van der Waals surface area contributed by atoms with Crippen LogP contribution in [-0.4, -0.2) is 54.8 Å². The first-order valence-electron chi connectivity index (χ1n) is 8.73. The number of aliphatic hydroxyl groups is 1. The van der Waals surface area contributed by atoms with Crippen molar-refractivity contribution in [1.82, 2.24) is 15.5 Å². The summed E-state index contributed by atoms with van der Waals surface area (Å²) in [5.74, 6) is 0.756. The Hall–Kier alpha value is -2.28. The Morgan fingerprint density at radius 2 is 2.00 bits per heavy atom. The van der Waals surface area contributed by atoms with E-state index in [1.807, 2.05) is 31.2 Å². The minimum absolute atomic E-state index is 0.0155. The monoisotopic (exact) mass is 348 g/mol. The van der Waals surface area contributed by atoms with Crippen molar-refractivity contribution in [1.29, 1.82) is 0 Å². The number of hydrogen-bond acceptors (Lipinski definition) is 4. The number of carbonyl (C=O) groups is 1. The molecule has 0 atom stereocenters. The molecule has 1 aromatic carbocycles. The Balaban J connectivity index is 1.93. The largest absolute Gasteiger partial charge is 0.453 e. The van der Waals surface area contributed by atoms with Crippen molar-refractivity contribution in [3.63, 3.8) is 0 Å². The van der Waals surface area contributed by atoms with Gasteiger partial charge >= 0.3 is 6.09 Å². The maximum Gasteiger partial charge on any atom is 0.409 e. The molecular formula is C18H28N4O3. The van der Waals surface area contributed by atoms with Crippen LogP contribution in [0, 0.1) is 0 Å². The number of nitrogens with one attached hydrogen (secondary N) is 2. The highest BCUT2D eigenvalue weighted by Crippen LogP contribution is 2.12. The van der Waals surface area contributed by atoms with E-state index in [0.29, 0.717) is 19.6 Å². The summed E-state index contributed by atoms with van der Waals surface area (Å²) in [6.45, 7) is 4.68. The zero-order valence-corrected chi connectivity index (χ0v) is 15.0. The number of amides is 1. The van der Waals surface area contributed by atoms with Crippen LogP contribution in [0.2, 0.25) is 0 Å². The van der Waals surface area contributed by atoms with Crippen LogP contribution in [0.25, 0.3) is 0 Å². The van der Waals surface area contributed by atoms with Gasteiger partial charge in [-0.15, -0.1) is 0 Å². The van der Waals surface area contributed by atoms with Gasteiger partial charge in [0.05, 0.1) is 20.3 Å². The number of aliphatic hydroxyl groups excluding tert-OH is 1. The fraction of sp³-hybridized carbons (Fsp3) is 0.556. The number of guanidine groups is 1. The van der Waals surface area contributed by atoms with Gasteiger partial charge in [0.1, 0.15) is 0 Å². The number of rotatable bonds is 5. The molecule has 1 saturated heterocycles. The maximum atomic E-state index is 11.5. The molecule has 25 heavy (non-hydrogen) atoms. The highest BCUT2D eigenvalue weighted by atomic mass is 16.5. The van der Waals surface area contributed by atoms with E-state index in [-0.39, 0.29) is 18.7 Å². The van der Waals surface area contributed by atoms with E-state index in [0.717, 1.165) is 36.5 Å². The quantitative estimate of drug-likeness (QED) is 0.554. The normalized spacial score (nSPS) is 15.8. The third-order valence-electron chi connectivity index (χ3n) is 4.31. The van der Waals surface area contributed by atoms with E-state index >= 15 is 0 Å². The maximum absolute atomic E-state index is 11.5. The van der Waals surface area contributed by atoms with Gasteiger partial charge in [-0.3, -0.25) is 0 Å². The lowest BCUT2D eigenvalue weighted by atomic mass is 10.1. The molecule has 1 aliphatic heterocycles. The Morgan fingerprint density at radius 1 is 1.32 bits per heavy atom. The number of piperidine rings is 1. The van der Waals surface area contributed by atoms with E-state index in [1.165, 1.54) is 7.11 Å². The van der Waals surface area contributed by atoms with Crippen LogP contribution in [0.1, 0.15) is 30.9 Å². The number of hydrogen-bond donors (Lipinski definition) is 3. The molecule has 7 nitrogen and oxygen atoms in total. The minimum atomic E-state index is -0.264. The van der Waals surface area contributed by atoms with E-state index in [9.17, 15) is 9.90 Å². The van der Waals surface area contributed by atoms with Crippen LogP contribution in [0.4, 0.5) is 4.79 Å². The molecule has 0 bridgehead atoms. The molecule has 0 radical (unpaired) electrons. The van der Waals surface area contributed by atoms with Crippen LogP contribution in [0.3, 0.4) is 0 Å². The molecule has 3 N–H and O–H groups in total. The van der Waals surface area contributed by atoms with Crippen LogP contribution in [-0.2, 0) is 17.9 Å². The summed E-state index contributed by atoms with van der Waals surface area (Å²) in [7, 11) is 1.41. The summed E-state index contributed by atoms with van der Waals surface area (Å²) in [5.41, 5.74) is 1.91. The molecule has 1 amide bonds. The van der Waals surface area contributed by atoms with E-state index in [2.05, 4.69) is 15.6 Å². The third kappa shape index (κ3) is 5.63. The van der Waals surface area contributed by atoms with Crippen molar-refractivity contribution in [3.05, 3.63) is 35.4 Å². The first kappa shape index (κ1) is 19.1. The summed E-state index contributed by atoms with van der Waals surface area (Å²) in [5, 5.41) is 16.1. The SMILES string of the molecule is CCNC(=NCc1ccccc1CO)NC1CCN(C(=O)OC)CC1. The van der Waals surface area contributed by atoms with Crippen molar-refractivity contribution in [2.75, 3.05) is 26.7 Å². The van der Waals surface area contributed by atoms with Crippen LogP contribution in [0.15, 0.2) is 29.3 Å². The molecule has 1 aromatic rings. The second kappa shape index (κ2) is 9.88. The van der Waals surface area contributed by atoms with Crippen LogP contribution in [0.5, 0.6) is 0 Å². The zero-order valence-electron chi connectivity index (χ0n) is 15.0. The number of carbonyl (C=O) groups excluding carboxylic acids is 1. The molecule has 7 heteroatoms. The van der Waals surface area contributed by atoms with Gasteiger partial charge in [-0.1, -0.05) is 24.3 Å². The molecule has 138 valence electrons. The molecular weight excluding hydrogens is 320 g/mol. The molecule has 0 spiro atoms. The molecule has 1 fully saturated rings. The first-order valence-corrected chi connectivity index (χ1v) is 8.73. The van der Waals surface area contributed by atoms with Crippen LogP contribution < -0.4 is 10.6 Å². The standard InChI is InChI=1S/C18H28N4O3/c1-3-19-17(20-12-14-6-4-5-7-15(14)13-23)21-16-8-10-22(11-9-16)18(24)25-2/h4-7,16,23H,3,8-13H2,1-2H3,(H2,19,20,21). The summed E-state index contributed by atoms with van der Waals surface area (Å²) < 4.78 is 4.76. The topological polar surface area (TPSA) is 86.2 Å². The lowest BCUT2D eigenvalue weighted by Crippen LogP contribution is -2.49. The van der Waals surface area contributed by atoms with E-state index < -0.39 is 0 Å². The Bertz CT molecular complexity index is 583. The molecule has 0 aromatic heterocycles. The third-order valence-corrected chi connectivity index (χ3v) is 4.31. The molecule has 2 rings (SSSR count). The summed E-state index contributed by atoms with van der Waals surface area (Å²) in [6.07, 6.45) is 1.44. The Kier molecular flexibility index (Phi) is 7.53. The number of ether oxygens (including phenoxy) is 1. The van der Waals surface area contributed by atoms with Crippen molar-refractivity contribution in [2.45, 2.75) is 39.0 Å². The number of benzene rings is 1. The van der Waals surface area contributed by atoms with Gasteiger partial charge in [-0.2, -0.15) is 0 Å². The zero-order chi connectivity index (χ0) is 18.1. The minimum Gasteiger partial charge on any atom is -0.453 e. The van der Waals surface area contributed by atoms with Crippen molar-refractivity contribution >= 4 is 12.1 Å². The lowest BCUT2D eigenvalue weighted by Gasteiger charge is -2.32. The van der Waals surface area contributed by atoms with Gasteiger partial charge in [-0.25, -0.2) is 9.79 Å². The predicted octanol–water partition coefficient (Wildman–Crippen LogP) is 1.46. The molecule has 0 aliphatic carbocycles. The fourth-order valence-corrected chi connectivity index (χ4v) is 2.88. The van der Waals surface area contributed by atoms with Gasteiger partial charge < -0.3 is 25.4 Å². The van der Waals surface area contributed by atoms with Gasteiger partial charge in [0.2, 0.25) is 0 Å². The first-order chi connectivity index (χ1) is 12.2. The van der Waals surface area contributed by atoms with Gasteiger partial charge in [0.15, 0.2) is 5.96 Å². The number of likely N-dealkylation sites (tertiary alicyclic amines) is 1. The van der Waals surface area contributed by atoms with Gasteiger partial charge in [-0.05, 0) is 30.9 Å². The van der Waals surface area contributed by atoms with E-state index in [4.69, 9.17) is 4.74 Å². The summed E-state index contributed by atoms with van der Waals surface area (Å²) >= 11 is 0. The summed E-state index contributed by atoms with van der Waals surface area (Å²) in [4.78, 5) is 17.9. The fourth-order valence-electron chi connectivity index (χ4n) is 2.88. The van der Waals surface area contributed by atoms with Crippen molar-refractivity contribution < 1.29 is 14.6 Å². The Morgan fingerprint density at radius 3 is 2.60 bits per heavy atom. The van der Waals surface area contributed by atoms with Gasteiger partial charge in [0.25, 0.3) is 0 Å². The number of aliphatic imine (C=N–C) groups is 1. The highest BCUT2D eigenvalue weighted by molar-refractivity contribution is 5.80. The average Bonchev–Trinajstić information content (AvgIpc) is 2.66. The molecule has 0 unspecified atom stereocenters. The lowest BCUT2D eigenvalue weighted by molar-refractivity contribution is 0.111. The molecule has 0 saturated carbocycles. The van der Waals surface area contributed by atoms with Crippen molar-refractivity contribution in [3.8, 4) is 0 Å².